The van der Waals surface area contributed by atoms with Crippen molar-refractivity contribution in [2.45, 2.75) is 9.64 Å². The number of thioether (sulfide) groups is 1. The van der Waals surface area contributed by atoms with Gasteiger partial charge in [-0.3, -0.25) is 4.79 Å². The van der Waals surface area contributed by atoms with Gasteiger partial charge in [-0.05, 0) is 24.3 Å². The third-order valence-corrected chi connectivity index (χ3v) is 3.50. The molecule has 0 unspecified atom stereocenters. The predicted molar refractivity (Wildman–Crippen MR) is 53.4 cm³/mol. The van der Waals surface area contributed by atoms with Crippen molar-refractivity contribution in [1.82, 2.24) is 0 Å². The molecule has 1 heterocycles. The number of ether oxygens (including phenoxy) is 1. The van der Waals surface area contributed by atoms with Crippen LogP contribution < -0.4 is 0 Å². The highest BCUT2D eigenvalue weighted by Crippen LogP contribution is 2.38. The normalized spacial score (nSPS) is 18.2. The summed E-state index contributed by atoms with van der Waals surface area (Å²) in [7, 11) is 0. The van der Waals surface area contributed by atoms with Crippen molar-refractivity contribution in [1.29, 1.82) is 0 Å². The fourth-order valence-electron chi connectivity index (χ4n) is 1.24. The number of benzene rings is 1. The van der Waals surface area contributed by atoms with Gasteiger partial charge in [-0.15, -0.1) is 11.8 Å². The Labute approximate surface area is 90.2 Å². The summed E-state index contributed by atoms with van der Waals surface area (Å²) >= 11 is 1.20. The maximum absolute atomic E-state index is 12.6. The Morgan fingerprint density at radius 1 is 1.40 bits per heavy atom. The first-order valence-corrected chi connectivity index (χ1v) is 5.20. The van der Waals surface area contributed by atoms with Crippen LogP contribution in [0.25, 0.3) is 0 Å². The quantitative estimate of drug-likeness (QED) is 0.856. The van der Waals surface area contributed by atoms with Crippen molar-refractivity contribution in [3.8, 4) is 0 Å². The molecule has 0 radical (unpaired) electrons. The molecule has 0 amide bonds. The molecular formula is C10H9FO3S. The molecule has 1 aromatic rings. The molecule has 0 spiro atoms. The van der Waals surface area contributed by atoms with Gasteiger partial charge in [0.25, 0.3) is 0 Å². The van der Waals surface area contributed by atoms with E-state index in [1.165, 1.54) is 23.9 Å². The number of carboxylic acid groups (broad SMARTS) is 1. The smallest absolute Gasteiger partial charge is 0.324 e. The van der Waals surface area contributed by atoms with Crippen LogP contribution in [0.4, 0.5) is 4.39 Å². The Morgan fingerprint density at radius 3 is 2.40 bits per heavy atom. The molecule has 1 saturated heterocycles. The zero-order valence-corrected chi connectivity index (χ0v) is 8.59. The van der Waals surface area contributed by atoms with Crippen LogP contribution in [0, 0.1) is 5.82 Å². The molecule has 1 fully saturated rings. The number of hydrogen-bond donors (Lipinski definition) is 1. The summed E-state index contributed by atoms with van der Waals surface area (Å²) in [4.78, 5) is 11.7. The van der Waals surface area contributed by atoms with Gasteiger partial charge < -0.3 is 9.84 Å². The number of rotatable bonds is 3. The third-order valence-electron chi connectivity index (χ3n) is 2.19. The molecule has 1 N–H and O–H groups in total. The van der Waals surface area contributed by atoms with Crippen molar-refractivity contribution in [2.24, 2.45) is 0 Å². The van der Waals surface area contributed by atoms with E-state index >= 15 is 0 Å². The summed E-state index contributed by atoms with van der Waals surface area (Å²) in [5.74, 6) is -1.21. The van der Waals surface area contributed by atoms with E-state index in [9.17, 15) is 9.18 Å². The molecule has 0 bridgehead atoms. The average molecular weight is 228 g/mol. The van der Waals surface area contributed by atoms with Crippen LogP contribution in [0.3, 0.4) is 0 Å². The SMILES string of the molecule is O=C(O)C1(Sc2ccc(F)cc2)COC1. The summed E-state index contributed by atoms with van der Waals surface area (Å²) in [5, 5.41) is 9.02. The Kier molecular flexibility index (Phi) is 2.67. The molecule has 15 heavy (non-hydrogen) atoms. The molecule has 0 saturated carbocycles. The zero-order chi connectivity index (χ0) is 10.9. The summed E-state index contributed by atoms with van der Waals surface area (Å²) in [5.41, 5.74) is 0. The maximum atomic E-state index is 12.6. The van der Waals surface area contributed by atoms with Gasteiger partial charge in [0.05, 0.1) is 13.2 Å². The summed E-state index contributed by atoms with van der Waals surface area (Å²) in [6.45, 7) is 0.398. The minimum Gasteiger partial charge on any atom is -0.480 e. The topological polar surface area (TPSA) is 46.5 Å². The van der Waals surface area contributed by atoms with E-state index in [4.69, 9.17) is 9.84 Å². The molecule has 3 nitrogen and oxygen atoms in total. The molecule has 1 aliphatic heterocycles. The van der Waals surface area contributed by atoms with Crippen LogP contribution in [-0.4, -0.2) is 29.0 Å². The summed E-state index contributed by atoms with van der Waals surface area (Å²) in [6, 6.07) is 5.78. The second-order valence-corrected chi connectivity index (χ2v) is 4.81. The predicted octanol–water partition coefficient (Wildman–Crippen LogP) is 1.77. The molecule has 2 rings (SSSR count). The lowest BCUT2D eigenvalue weighted by atomic mass is 10.1. The van der Waals surface area contributed by atoms with Crippen LogP contribution in [0.5, 0.6) is 0 Å². The molecule has 0 atom stereocenters. The monoisotopic (exact) mass is 228 g/mol. The van der Waals surface area contributed by atoms with Crippen molar-refractivity contribution in [3.63, 3.8) is 0 Å². The van der Waals surface area contributed by atoms with Crippen molar-refractivity contribution in [2.75, 3.05) is 13.2 Å². The standard InChI is InChI=1S/C10H9FO3S/c11-7-1-3-8(4-2-7)15-10(9(12)13)5-14-6-10/h1-4H,5-6H2,(H,12,13). The second-order valence-electron chi connectivity index (χ2n) is 3.35. The van der Waals surface area contributed by atoms with E-state index in [1.54, 1.807) is 12.1 Å². The highest BCUT2D eigenvalue weighted by molar-refractivity contribution is 8.01. The van der Waals surface area contributed by atoms with Crippen LogP contribution >= 0.6 is 11.8 Å². The fourth-order valence-corrected chi connectivity index (χ4v) is 2.34. The Balaban J connectivity index is 2.13. The summed E-state index contributed by atoms with van der Waals surface area (Å²) in [6.07, 6.45) is 0. The number of carboxylic acids is 1. The van der Waals surface area contributed by atoms with Gasteiger partial charge in [0.1, 0.15) is 5.82 Å². The van der Waals surface area contributed by atoms with Gasteiger partial charge in [-0.25, -0.2) is 4.39 Å². The van der Waals surface area contributed by atoms with E-state index in [0.717, 1.165) is 4.90 Å². The molecule has 0 aromatic heterocycles. The van der Waals surface area contributed by atoms with Gasteiger partial charge in [0, 0.05) is 4.90 Å². The lowest BCUT2D eigenvalue weighted by Crippen LogP contribution is -2.53. The van der Waals surface area contributed by atoms with Crippen LogP contribution in [-0.2, 0) is 9.53 Å². The van der Waals surface area contributed by atoms with Crippen LogP contribution in [0.1, 0.15) is 0 Å². The molecule has 0 aliphatic carbocycles. The number of carbonyl (C=O) groups is 1. The van der Waals surface area contributed by atoms with Gasteiger partial charge in [-0.2, -0.15) is 0 Å². The summed E-state index contributed by atoms with van der Waals surface area (Å²) < 4.78 is 16.7. The first-order valence-electron chi connectivity index (χ1n) is 4.38. The molecule has 1 aliphatic rings. The van der Waals surface area contributed by atoms with E-state index in [1.807, 2.05) is 0 Å². The van der Waals surface area contributed by atoms with E-state index in [-0.39, 0.29) is 19.0 Å². The minimum absolute atomic E-state index is 0.199. The average Bonchev–Trinajstić information content (AvgIpc) is 2.13. The maximum Gasteiger partial charge on any atom is 0.324 e. The second kappa shape index (κ2) is 3.83. The van der Waals surface area contributed by atoms with Crippen LogP contribution in [0.2, 0.25) is 0 Å². The molecule has 1 aromatic carbocycles. The number of halogens is 1. The minimum atomic E-state index is -0.891. The Bertz CT molecular complexity index is 373. The fraction of sp³-hybridized carbons (Fsp3) is 0.300. The largest absolute Gasteiger partial charge is 0.480 e. The lowest BCUT2D eigenvalue weighted by Gasteiger charge is -2.36. The third kappa shape index (κ3) is 1.98. The molecular weight excluding hydrogens is 219 g/mol. The zero-order valence-electron chi connectivity index (χ0n) is 7.77. The highest BCUT2D eigenvalue weighted by atomic mass is 32.2. The van der Waals surface area contributed by atoms with Gasteiger partial charge in [0.2, 0.25) is 0 Å². The lowest BCUT2D eigenvalue weighted by molar-refractivity contribution is -0.151. The van der Waals surface area contributed by atoms with Gasteiger partial charge in [0.15, 0.2) is 4.75 Å². The van der Waals surface area contributed by atoms with Crippen molar-refractivity contribution in [3.05, 3.63) is 30.1 Å². The van der Waals surface area contributed by atoms with E-state index in [0.29, 0.717) is 0 Å². The first-order chi connectivity index (χ1) is 7.12. The van der Waals surface area contributed by atoms with Gasteiger partial charge in [-0.1, -0.05) is 0 Å². The van der Waals surface area contributed by atoms with Gasteiger partial charge >= 0.3 is 5.97 Å². The Hall–Kier alpha value is -1.07. The van der Waals surface area contributed by atoms with Crippen molar-refractivity contribution >= 4 is 17.7 Å². The van der Waals surface area contributed by atoms with Crippen molar-refractivity contribution < 1.29 is 19.0 Å². The van der Waals surface area contributed by atoms with Crippen LogP contribution in [0.15, 0.2) is 29.2 Å². The molecule has 80 valence electrons. The Morgan fingerprint density at radius 2 is 2.00 bits per heavy atom. The first kappa shape index (κ1) is 10.4. The molecule has 5 heteroatoms. The highest BCUT2D eigenvalue weighted by Gasteiger charge is 2.47. The number of hydrogen-bond acceptors (Lipinski definition) is 3. The number of aliphatic carboxylic acids is 1. The van der Waals surface area contributed by atoms with E-state index in [2.05, 4.69) is 0 Å². The van der Waals surface area contributed by atoms with E-state index < -0.39 is 10.7 Å².